The number of hydrogen-bond acceptors (Lipinski definition) is 4. The monoisotopic (exact) mass is 264 g/mol. The molecule has 0 spiro atoms. The minimum absolute atomic E-state index is 0.0709. The minimum atomic E-state index is -0.812. The quantitative estimate of drug-likeness (QED) is 0.833. The van der Waals surface area contributed by atoms with Gasteiger partial charge >= 0.3 is 5.97 Å². The molecular formula is C14H20N2O3. The highest BCUT2D eigenvalue weighted by molar-refractivity contribution is 5.70. The molecule has 0 aliphatic carbocycles. The van der Waals surface area contributed by atoms with Crippen LogP contribution in [0.1, 0.15) is 5.56 Å². The fourth-order valence-corrected chi connectivity index (χ4v) is 2.31. The van der Waals surface area contributed by atoms with Gasteiger partial charge in [0.2, 0.25) is 0 Å². The van der Waals surface area contributed by atoms with E-state index < -0.39 is 11.9 Å². The molecule has 19 heavy (non-hydrogen) atoms. The Balaban J connectivity index is 2.03. The van der Waals surface area contributed by atoms with Gasteiger partial charge in [0.1, 0.15) is 0 Å². The van der Waals surface area contributed by atoms with E-state index in [0.29, 0.717) is 19.7 Å². The molecule has 2 atom stereocenters. The number of benzene rings is 1. The molecule has 0 radical (unpaired) electrons. The molecule has 5 nitrogen and oxygen atoms in total. The third kappa shape index (κ3) is 4.31. The molecule has 1 saturated heterocycles. The first-order valence-electron chi connectivity index (χ1n) is 6.47. The van der Waals surface area contributed by atoms with Crippen LogP contribution in [0, 0.1) is 5.92 Å². The third-order valence-electron chi connectivity index (χ3n) is 3.22. The summed E-state index contributed by atoms with van der Waals surface area (Å²) in [6.07, 6.45) is 0. The van der Waals surface area contributed by atoms with Crippen LogP contribution in [0.5, 0.6) is 0 Å². The summed E-state index contributed by atoms with van der Waals surface area (Å²) in [5.74, 6) is -1.30. The van der Waals surface area contributed by atoms with Gasteiger partial charge in [-0.3, -0.25) is 9.69 Å². The van der Waals surface area contributed by atoms with Crippen LogP contribution >= 0.6 is 0 Å². The number of rotatable bonds is 3. The Morgan fingerprint density at radius 2 is 2.05 bits per heavy atom. The van der Waals surface area contributed by atoms with Crippen molar-refractivity contribution in [1.82, 2.24) is 4.90 Å². The SMILES string of the molecule is NC1COCC(C(=O)O)CN(Cc2ccccc2)C1. The molecule has 1 aromatic rings. The molecule has 1 aromatic carbocycles. The van der Waals surface area contributed by atoms with Crippen LogP contribution in [0.4, 0.5) is 0 Å². The molecule has 5 heteroatoms. The summed E-state index contributed by atoms with van der Waals surface area (Å²) in [5, 5.41) is 9.17. The number of aliphatic carboxylic acids is 1. The van der Waals surface area contributed by atoms with Gasteiger partial charge in [0.15, 0.2) is 0 Å². The Hall–Kier alpha value is -1.43. The zero-order valence-corrected chi connectivity index (χ0v) is 10.9. The first-order chi connectivity index (χ1) is 9.15. The number of nitrogens with two attached hydrogens (primary N) is 1. The van der Waals surface area contributed by atoms with Crippen LogP contribution in [-0.2, 0) is 16.1 Å². The molecule has 2 rings (SSSR count). The molecule has 2 unspecified atom stereocenters. The van der Waals surface area contributed by atoms with E-state index >= 15 is 0 Å². The molecule has 1 heterocycles. The van der Waals surface area contributed by atoms with Gasteiger partial charge in [-0.05, 0) is 5.56 Å². The van der Waals surface area contributed by atoms with Crippen LogP contribution in [0.15, 0.2) is 30.3 Å². The number of nitrogens with zero attached hydrogens (tertiary/aromatic N) is 1. The third-order valence-corrected chi connectivity index (χ3v) is 3.22. The molecular weight excluding hydrogens is 244 g/mol. The van der Waals surface area contributed by atoms with Gasteiger partial charge < -0.3 is 15.6 Å². The Morgan fingerprint density at radius 3 is 2.74 bits per heavy atom. The molecule has 0 aromatic heterocycles. The molecule has 1 aliphatic rings. The van der Waals surface area contributed by atoms with Gasteiger partial charge in [-0.2, -0.15) is 0 Å². The number of carbonyl (C=O) groups is 1. The lowest BCUT2D eigenvalue weighted by Gasteiger charge is -2.31. The first kappa shape index (κ1) is 14.0. The molecule has 1 aliphatic heterocycles. The van der Waals surface area contributed by atoms with Gasteiger partial charge in [-0.15, -0.1) is 0 Å². The first-order valence-corrected chi connectivity index (χ1v) is 6.47. The zero-order chi connectivity index (χ0) is 13.7. The largest absolute Gasteiger partial charge is 0.481 e. The fourth-order valence-electron chi connectivity index (χ4n) is 2.31. The summed E-state index contributed by atoms with van der Waals surface area (Å²) in [6, 6.07) is 9.94. The highest BCUT2D eigenvalue weighted by atomic mass is 16.5. The Kier molecular flexibility index (Phi) is 4.90. The van der Waals surface area contributed by atoms with Crippen LogP contribution in [-0.4, -0.2) is 48.3 Å². The molecule has 0 saturated carbocycles. The van der Waals surface area contributed by atoms with Crippen LogP contribution < -0.4 is 5.73 Å². The lowest BCUT2D eigenvalue weighted by atomic mass is 10.1. The molecule has 0 amide bonds. The van der Waals surface area contributed by atoms with Crippen molar-refractivity contribution in [3.63, 3.8) is 0 Å². The van der Waals surface area contributed by atoms with E-state index in [4.69, 9.17) is 15.6 Å². The second-order valence-electron chi connectivity index (χ2n) is 5.01. The van der Waals surface area contributed by atoms with E-state index in [1.54, 1.807) is 0 Å². The van der Waals surface area contributed by atoms with Crippen molar-refractivity contribution in [3.05, 3.63) is 35.9 Å². The average molecular weight is 264 g/mol. The van der Waals surface area contributed by atoms with Gasteiger partial charge in [-0.25, -0.2) is 0 Å². The Morgan fingerprint density at radius 1 is 1.32 bits per heavy atom. The average Bonchev–Trinajstić information content (AvgIpc) is 2.36. The minimum Gasteiger partial charge on any atom is -0.481 e. The van der Waals surface area contributed by atoms with E-state index in [1.165, 1.54) is 5.56 Å². The maximum absolute atomic E-state index is 11.2. The highest BCUT2D eigenvalue weighted by Gasteiger charge is 2.25. The predicted octanol–water partition coefficient (Wildman–Crippen LogP) is 0.547. The van der Waals surface area contributed by atoms with Crippen LogP contribution in [0.3, 0.4) is 0 Å². The second-order valence-corrected chi connectivity index (χ2v) is 5.01. The van der Waals surface area contributed by atoms with Crippen molar-refractivity contribution >= 4 is 5.97 Å². The lowest BCUT2D eigenvalue weighted by molar-refractivity contribution is -0.145. The summed E-state index contributed by atoms with van der Waals surface area (Å²) >= 11 is 0. The standard InChI is InChI=1S/C14H20N2O3/c15-13-8-16(6-11-4-2-1-3-5-11)7-12(14(17)18)9-19-10-13/h1-5,12-13H,6-10,15H2,(H,17,18). The lowest BCUT2D eigenvalue weighted by Crippen LogP contribution is -2.46. The number of carboxylic acid groups (broad SMARTS) is 1. The smallest absolute Gasteiger partial charge is 0.310 e. The maximum Gasteiger partial charge on any atom is 0.310 e. The summed E-state index contributed by atoms with van der Waals surface area (Å²) in [6.45, 7) is 2.48. The maximum atomic E-state index is 11.2. The van der Waals surface area contributed by atoms with Crippen molar-refractivity contribution in [2.75, 3.05) is 26.3 Å². The second kappa shape index (κ2) is 6.65. The van der Waals surface area contributed by atoms with Crippen molar-refractivity contribution in [3.8, 4) is 0 Å². The van der Waals surface area contributed by atoms with Crippen molar-refractivity contribution in [1.29, 1.82) is 0 Å². The molecule has 104 valence electrons. The summed E-state index contributed by atoms with van der Waals surface area (Å²) in [4.78, 5) is 13.3. The number of hydrogen-bond donors (Lipinski definition) is 2. The van der Waals surface area contributed by atoms with E-state index in [2.05, 4.69) is 4.90 Å². The Labute approximate surface area is 113 Å². The molecule has 1 fully saturated rings. The van der Waals surface area contributed by atoms with E-state index in [-0.39, 0.29) is 12.6 Å². The van der Waals surface area contributed by atoms with Gasteiger partial charge in [0, 0.05) is 25.7 Å². The molecule has 0 bridgehead atoms. The fraction of sp³-hybridized carbons (Fsp3) is 0.500. The van der Waals surface area contributed by atoms with Crippen molar-refractivity contribution in [2.24, 2.45) is 11.7 Å². The molecule has 3 N–H and O–H groups in total. The van der Waals surface area contributed by atoms with Crippen molar-refractivity contribution < 1.29 is 14.6 Å². The van der Waals surface area contributed by atoms with Gasteiger partial charge in [-0.1, -0.05) is 30.3 Å². The summed E-state index contributed by atoms with van der Waals surface area (Å²) < 4.78 is 5.33. The number of carboxylic acids is 1. The van der Waals surface area contributed by atoms with Crippen molar-refractivity contribution in [2.45, 2.75) is 12.6 Å². The summed E-state index contributed by atoms with van der Waals surface area (Å²) in [7, 11) is 0. The van der Waals surface area contributed by atoms with Crippen LogP contribution in [0.2, 0.25) is 0 Å². The summed E-state index contributed by atoms with van der Waals surface area (Å²) in [5.41, 5.74) is 7.12. The topological polar surface area (TPSA) is 75.8 Å². The predicted molar refractivity (Wildman–Crippen MR) is 71.6 cm³/mol. The normalized spacial score (nSPS) is 25.5. The van der Waals surface area contributed by atoms with Crippen LogP contribution in [0.25, 0.3) is 0 Å². The highest BCUT2D eigenvalue weighted by Crippen LogP contribution is 2.11. The number of ether oxygens (including phenoxy) is 1. The van der Waals surface area contributed by atoms with E-state index in [0.717, 1.165) is 6.54 Å². The van der Waals surface area contributed by atoms with Gasteiger partial charge in [0.25, 0.3) is 0 Å². The van der Waals surface area contributed by atoms with E-state index in [1.807, 2.05) is 30.3 Å². The van der Waals surface area contributed by atoms with E-state index in [9.17, 15) is 4.79 Å². The Bertz CT molecular complexity index is 410. The zero-order valence-electron chi connectivity index (χ0n) is 10.9. The van der Waals surface area contributed by atoms with Gasteiger partial charge in [0.05, 0.1) is 19.1 Å².